The van der Waals surface area contributed by atoms with Gasteiger partial charge in [-0.2, -0.15) is 0 Å². The van der Waals surface area contributed by atoms with Crippen LogP contribution in [0.15, 0.2) is 29.6 Å². The first-order chi connectivity index (χ1) is 9.47. The van der Waals surface area contributed by atoms with Gasteiger partial charge in [0.15, 0.2) is 5.13 Å². The number of benzene rings is 1. The molecule has 20 heavy (non-hydrogen) atoms. The van der Waals surface area contributed by atoms with E-state index in [0.717, 1.165) is 5.69 Å². The van der Waals surface area contributed by atoms with Crippen molar-refractivity contribution < 1.29 is 14.7 Å². The van der Waals surface area contributed by atoms with Crippen molar-refractivity contribution in [2.75, 3.05) is 17.3 Å². The Hall–Kier alpha value is -2.41. The van der Waals surface area contributed by atoms with Gasteiger partial charge in [0.2, 0.25) is 0 Å². The monoisotopic (exact) mass is 291 g/mol. The van der Waals surface area contributed by atoms with E-state index < -0.39 is 11.8 Å². The number of rotatable bonds is 2. The number of amides is 2. The number of anilines is 2. The second kappa shape index (κ2) is 5.70. The van der Waals surface area contributed by atoms with E-state index in [1.165, 1.54) is 35.4 Å². The number of nitrogens with one attached hydrogen (secondary N) is 1. The van der Waals surface area contributed by atoms with E-state index in [-0.39, 0.29) is 5.75 Å². The Balaban J connectivity index is 2.06. The van der Waals surface area contributed by atoms with Gasteiger partial charge in [-0.1, -0.05) is 0 Å². The molecule has 2 amide bonds. The highest BCUT2D eigenvalue weighted by molar-refractivity contribution is 7.14. The second-order valence-corrected chi connectivity index (χ2v) is 4.99. The second-order valence-electron chi connectivity index (χ2n) is 4.13. The molecule has 0 fully saturated rings. The quantitative estimate of drug-likeness (QED) is 0.826. The number of carbonyl (C=O) groups excluding carboxylic acids is 2. The summed E-state index contributed by atoms with van der Waals surface area (Å²) in [6, 6.07) is 5.99. The summed E-state index contributed by atoms with van der Waals surface area (Å²) in [4.78, 5) is 29.0. The van der Waals surface area contributed by atoms with Gasteiger partial charge >= 0.3 is 11.8 Å². The van der Waals surface area contributed by atoms with Crippen molar-refractivity contribution in [1.82, 2.24) is 4.98 Å². The van der Waals surface area contributed by atoms with Gasteiger partial charge in [-0.25, -0.2) is 4.98 Å². The summed E-state index contributed by atoms with van der Waals surface area (Å²) in [5.74, 6) is -1.37. The molecule has 2 N–H and O–H groups in total. The molecule has 2 aromatic rings. The summed E-state index contributed by atoms with van der Waals surface area (Å²) >= 11 is 1.26. The first-order valence-corrected chi connectivity index (χ1v) is 6.65. The third kappa shape index (κ3) is 3.12. The molecule has 0 saturated heterocycles. The molecule has 0 saturated carbocycles. The minimum absolute atomic E-state index is 0.0947. The van der Waals surface area contributed by atoms with Crippen LogP contribution in [-0.4, -0.2) is 29.0 Å². The lowest BCUT2D eigenvalue weighted by molar-refractivity contribution is -0.134. The lowest BCUT2D eigenvalue weighted by Gasteiger charge is -2.16. The van der Waals surface area contributed by atoms with Crippen molar-refractivity contribution in [2.24, 2.45) is 0 Å². The number of aromatic hydroxyl groups is 1. The molecule has 2 rings (SSSR count). The molecule has 1 heterocycles. The molecule has 0 atom stereocenters. The van der Waals surface area contributed by atoms with E-state index in [4.69, 9.17) is 0 Å². The Bertz CT molecular complexity index is 637. The predicted octanol–water partition coefficient (Wildman–Crippen LogP) is 1.76. The van der Waals surface area contributed by atoms with Gasteiger partial charge in [0.05, 0.1) is 5.69 Å². The first-order valence-electron chi connectivity index (χ1n) is 5.77. The van der Waals surface area contributed by atoms with Gasteiger partial charge in [-0.05, 0) is 31.2 Å². The van der Waals surface area contributed by atoms with Gasteiger partial charge in [-0.3, -0.25) is 14.9 Å². The first kappa shape index (κ1) is 14.0. The molecular formula is C13H13N3O3S. The van der Waals surface area contributed by atoms with Crippen LogP contribution in [0.25, 0.3) is 0 Å². The maximum atomic E-state index is 12.0. The molecule has 1 aromatic carbocycles. The molecule has 0 unspecified atom stereocenters. The van der Waals surface area contributed by atoms with Crippen molar-refractivity contribution in [3.8, 4) is 5.75 Å². The number of carbonyl (C=O) groups is 2. The van der Waals surface area contributed by atoms with Crippen molar-refractivity contribution in [3.63, 3.8) is 0 Å². The molecular weight excluding hydrogens is 278 g/mol. The number of thiazole rings is 1. The van der Waals surface area contributed by atoms with Gasteiger partial charge in [-0.15, -0.1) is 11.3 Å². The summed E-state index contributed by atoms with van der Waals surface area (Å²) in [7, 11) is 1.49. The summed E-state index contributed by atoms with van der Waals surface area (Å²) in [5.41, 5.74) is 1.29. The lowest BCUT2D eigenvalue weighted by atomic mass is 10.3. The maximum absolute atomic E-state index is 12.0. The third-order valence-corrected chi connectivity index (χ3v) is 3.45. The van der Waals surface area contributed by atoms with Gasteiger partial charge in [0, 0.05) is 18.1 Å². The van der Waals surface area contributed by atoms with Crippen LogP contribution in [0.1, 0.15) is 5.69 Å². The molecule has 0 spiro atoms. The average molecular weight is 291 g/mol. The van der Waals surface area contributed by atoms with Crippen LogP contribution < -0.4 is 10.2 Å². The summed E-state index contributed by atoms with van der Waals surface area (Å²) < 4.78 is 0. The molecule has 1 aromatic heterocycles. The number of hydrogen-bond acceptors (Lipinski definition) is 5. The topological polar surface area (TPSA) is 82.5 Å². The van der Waals surface area contributed by atoms with Crippen LogP contribution in [0.4, 0.5) is 10.8 Å². The number of aromatic nitrogens is 1. The number of phenols is 1. The Labute approximate surface area is 119 Å². The highest BCUT2D eigenvalue weighted by Crippen LogP contribution is 2.18. The number of nitrogens with zero attached hydrogens (tertiary/aromatic N) is 2. The van der Waals surface area contributed by atoms with Crippen LogP contribution >= 0.6 is 11.3 Å². The number of likely N-dealkylation sites (N-methyl/N-ethyl adjacent to an activating group) is 1. The van der Waals surface area contributed by atoms with E-state index in [0.29, 0.717) is 10.8 Å². The van der Waals surface area contributed by atoms with E-state index in [1.54, 1.807) is 24.4 Å². The SMILES string of the molecule is Cc1csc(NC(=O)C(=O)N(C)c2ccc(O)cc2)n1. The van der Waals surface area contributed by atoms with Crippen LogP contribution in [0.2, 0.25) is 0 Å². The summed E-state index contributed by atoms with van der Waals surface area (Å²) in [6.07, 6.45) is 0. The van der Waals surface area contributed by atoms with E-state index in [9.17, 15) is 14.7 Å². The van der Waals surface area contributed by atoms with Crippen LogP contribution in [0.5, 0.6) is 5.75 Å². The van der Waals surface area contributed by atoms with Crippen molar-refractivity contribution in [3.05, 3.63) is 35.3 Å². The van der Waals surface area contributed by atoms with Crippen LogP contribution in [-0.2, 0) is 9.59 Å². The molecule has 6 nitrogen and oxygen atoms in total. The lowest BCUT2D eigenvalue weighted by Crippen LogP contribution is -2.37. The smallest absolute Gasteiger partial charge is 0.316 e. The predicted molar refractivity (Wildman–Crippen MR) is 77.0 cm³/mol. The summed E-state index contributed by atoms with van der Waals surface area (Å²) in [5, 5.41) is 13.8. The fourth-order valence-corrected chi connectivity index (χ4v) is 2.19. The van der Waals surface area contributed by atoms with Crippen molar-refractivity contribution in [2.45, 2.75) is 6.92 Å². The van der Waals surface area contributed by atoms with Gasteiger partial charge in [0.25, 0.3) is 0 Å². The average Bonchev–Trinajstić information content (AvgIpc) is 2.83. The zero-order valence-corrected chi connectivity index (χ0v) is 11.8. The summed E-state index contributed by atoms with van der Waals surface area (Å²) in [6.45, 7) is 1.80. The fraction of sp³-hybridized carbons (Fsp3) is 0.154. The molecule has 0 bridgehead atoms. The maximum Gasteiger partial charge on any atom is 0.316 e. The van der Waals surface area contributed by atoms with E-state index in [2.05, 4.69) is 10.3 Å². The molecule has 0 radical (unpaired) electrons. The zero-order valence-electron chi connectivity index (χ0n) is 11.0. The third-order valence-electron chi connectivity index (χ3n) is 2.58. The largest absolute Gasteiger partial charge is 0.508 e. The highest BCUT2D eigenvalue weighted by Gasteiger charge is 2.20. The van der Waals surface area contributed by atoms with Gasteiger partial charge < -0.3 is 10.0 Å². The van der Waals surface area contributed by atoms with Crippen molar-refractivity contribution >= 4 is 34.0 Å². The Morgan fingerprint density at radius 2 is 1.95 bits per heavy atom. The molecule has 7 heteroatoms. The molecule has 0 aliphatic rings. The fourth-order valence-electron chi connectivity index (χ4n) is 1.51. The molecule has 0 aliphatic carbocycles. The minimum atomic E-state index is -0.755. The highest BCUT2D eigenvalue weighted by atomic mass is 32.1. The standard InChI is InChI=1S/C13H13N3O3S/c1-8-7-20-13(14-8)15-11(18)12(19)16(2)9-3-5-10(17)6-4-9/h3-7,17H,1-2H3,(H,14,15,18). The van der Waals surface area contributed by atoms with Crippen molar-refractivity contribution in [1.29, 1.82) is 0 Å². The Morgan fingerprint density at radius 1 is 1.30 bits per heavy atom. The Morgan fingerprint density at radius 3 is 2.50 bits per heavy atom. The normalized spacial score (nSPS) is 10.1. The number of hydrogen-bond donors (Lipinski definition) is 2. The minimum Gasteiger partial charge on any atom is -0.508 e. The number of aryl methyl sites for hydroxylation is 1. The van der Waals surface area contributed by atoms with Gasteiger partial charge in [0.1, 0.15) is 5.75 Å². The molecule has 0 aliphatic heterocycles. The molecule has 104 valence electrons. The van der Waals surface area contributed by atoms with E-state index in [1.807, 2.05) is 0 Å². The number of phenolic OH excluding ortho intramolecular Hbond substituents is 1. The van der Waals surface area contributed by atoms with Crippen LogP contribution in [0.3, 0.4) is 0 Å². The Kier molecular flexibility index (Phi) is 3.99. The zero-order chi connectivity index (χ0) is 14.7. The van der Waals surface area contributed by atoms with Crippen LogP contribution in [0, 0.1) is 6.92 Å². The van der Waals surface area contributed by atoms with E-state index >= 15 is 0 Å².